The summed E-state index contributed by atoms with van der Waals surface area (Å²) in [5, 5.41) is 3.28. The molecule has 1 aromatic heterocycles. The van der Waals surface area contributed by atoms with Gasteiger partial charge in [0.15, 0.2) is 0 Å². The zero-order valence-corrected chi connectivity index (χ0v) is 13.5. The molecule has 1 amide bonds. The number of hydrogen-bond donors (Lipinski definition) is 1. The van der Waals surface area contributed by atoms with E-state index in [1.165, 1.54) is 0 Å². The van der Waals surface area contributed by atoms with Crippen molar-refractivity contribution in [2.45, 2.75) is 26.3 Å². The first kappa shape index (κ1) is 15.9. The standard InChI is InChI=1S/C17H22N4O/c1-12(2)15-9-16(20-11-19-15)18-10-13-5-7-14(8-6-13)17(22)21(3)4/h5-9,11-12H,10H2,1-4H3,(H,18,19,20). The molecular formula is C17H22N4O. The molecule has 0 unspecified atom stereocenters. The second kappa shape index (κ2) is 7.02. The van der Waals surface area contributed by atoms with Crippen LogP contribution in [0.2, 0.25) is 0 Å². The van der Waals surface area contributed by atoms with Gasteiger partial charge in [-0.05, 0) is 23.6 Å². The first-order valence-electron chi connectivity index (χ1n) is 7.33. The first-order chi connectivity index (χ1) is 10.5. The Balaban J connectivity index is 2.00. The third-order valence-corrected chi connectivity index (χ3v) is 3.36. The van der Waals surface area contributed by atoms with Crippen LogP contribution >= 0.6 is 0 Å². The Kier molecular flexibility index (Phi) is 5.09. The van der Waals surface area contributed by atoms with E-state index in [2.05, 4.69) is 29.1 Å². The maximum absolute atomic E-state index is 11.8. The van der Waals surface area contributed by atoms with Gasteiger partial charge in [0, 0.05) is 38.0 Å². The SMILES string of the molecule is CC(C)c1cc(NCc2ccc(C(=O)N(C)C)cc2)ncn1. The molecule has 0 spiro atoms. The molecule has 0 saturated carbocycles. The van der Waals surface area contributed by atoms with Gasteiger partial charge in [-0.2, -0.15) is 0 Å². The molecule has 1 heterocycles. The van der Waals surface area contributed by atoms with Crippen LogP contribution in [-0.2, 0) is 6.54 Å². The quantitative estimate of drug-likeness (QED) is 0.922. The summed E-state index contributed by atoms with van der Waals surface area (Å²) in [6.45, 7) is 4.87. The minimum absolute atomic E-state index is 0.0110. The van der Waals surface area contributed by atoms with Gasteiger partial charge in [-0.15, -0.1) is 0 Å². The van der Waals surface area contributed by atoms with Crippen molar-refractivity contribution >= 4 is 11.7 Å². The van der Waals surface area contributed by atoms with Crippen LogP contribution in [0.15, 0.2) is 36.7 Å². The lowest BCUT2D eigenvalue weighted by atomic mass is 10.1. The Hall–Kier alpha value is -2.43. The number of aromatic nitrogens is 2. The van der Waals surface area contributed by atoms with E-state index in [1.807, 2.05) is 30.3 Å². The lowest BCUT2D eigenvalue weighted by molar-refractivity contribution is 0.0827. The minimum Gasteiger partial charge on any atom is -0.366 e. The van der Waals surface area contributed by atoms with E-state index >= 15 is 0 Å². The van der Waals surface area contributed by atoms with Gasteiger partial charge in [0.2, 0.25) is 0 Å². The molecular weight excluding hydrogens is 276 g/mol. The van der Waals surface area contributed by atoms with Gasteiger partial charge in [-0.3, -0.25) is 4.79 Å². The molecule has 0 bridgehead atoms. The lowest BCUT2D eigenvalue weighted by Crippen LogP contribution is -2.21. The van der Waals surface area contributed by atoms with Gasteiger partial charge < -0.3 is 10.2 Å². The highest BCUT2D eigenvalue weighted by molar-refractivity contribution is 5.93. The molecule has 2 aromatic rings. The minimum atomic E-state index is 0.0110. The van der Waals surface area contributed by atoms with Crippen molar-refractivity contribution in [3.8, 4) is 0 Å². The largest absolute Gasteiger partial charge is 0.366 e. The van der Waals surface area contributed by atoms with Crippen LogP contribution in [0.3, 0.4) is 0 Å². The van der Waals surface area contributed by atoms with E-state index in [1.54, 1.807) is 25.3 Å². The van der Waals surface area contributed by atoms with Crippen LogP contribution in [0.1, 0.15) is 41.4 Å². The average molecular weight is 298 g/mol. The third kappa shape index (κ3) is 4.04. The summed E-state index contributed by atoms with van der Waals surface area (Å²) < 4.78 is 0. The summed E-state index contributed by atoms with van der Waals surface area (Å²) in [5.74, 6) is 1.20. The van der Waals surface area contributed by atoms with Crippen LogP contribution in [0.4, 0.5) is 5.82 Å². The van der Waals surface area contributed by atoms with Gasteiger partial charge in [0.25, 0.3) is 5.91 Å². The molecule has 0 aliphatic carbocycles. The van der Waals surface area contributed by atoms with Crippen LogP contribution in [-0.4, -0.2) is 34.9 Å². The van der Waals surface area contributed by atoms with Gasteiger partial charge in [0.05, 0.1) is 0 Å². The summed E-state index contributed by atoms with van der Waals surface area (Å²) in [6.07, 6.45) is 1.58. The second-order valence-electron chi connectivity index (χ2n) is 5.73. The predicted octanol–water partition coefficient (Wildman–Crippen LogP) is 2.91. The molecule has 1 N–H and O–H groups in total. The topological polar surface area (TPSA) is 58.1 Å². The zero-order chi connectivity index (χ0) is 16.1. The Morgan fingerprint density at radius 3 is 2.45 bits per heavy atom. The molecule has 1 aromatic carbocycles. The van der Waals surface area contributed by atoms with Crippen LogP contribution in [0.25, 0.3) is 0 Å². The summed E-state index contributed by atoms with van der Waals surface area (Å²) in [6, 6.07) is 9.56. The van der Waals surface area contributed by atoms with Gasteiger partial charge in [-0.25, -0.2) is 9.97 Å². The van der Waals surface area contributed by atoms with Gasteiger partial charge in [-0.1, -0.05) is 26.0 Å². The van der Waals surface area contributed by atoms with Gasteiger partial charge in [0.1, 0.15) is 12.1 Å². The fourth-order valence-corrected chi connectivity index (χ4v) is 2.00. The molecule has 116 valence electrons. The van der Waals surface area contributed by atoms with E-state index in [0.717, 1.165) is 17.1 Å². The third-order valence-electron chi connectivity index (χ3n) is 3.36. The fraction of sp³-hybridized carbons (Fsp3) is 0.353. The van der Waals surface area contributed by atoms with E-state index in [-0.39, 0.29) is 5.91 Å². The van der Waals surface area contributed by atoms with Crippen molar-refractivity contribution in [1.82, 2.24) is 14.9 Å². The molecule has 0 fully saturated rings. The molecule has 22 heavy (non-hydrogen) atoms. The predicted molar refractivity (Wildman–Crippen MR) is 87.9 cm³/mol. The zero-order valence-electron chi connectivity index (χ0n) is 13.5. The van der Waals surface area contributed by atoms with Crippen LogP contribution in [0.5, 0.6) is 0 Å². The Labute approximate surface area is 131 Å². The molecule has 0 atom stereocenters. The molecule has 2 rings (SSSR count). The number of hydrogen-bond acceptors (Lipinski definition) is 4. The normalized spacial score (nSPS) is 10.6. The summed E-state index contributed by atoms with van der Waals surface area (Å²) >= 11 is 0. The van der Waals surface area contributed by atoms with Crippen LogP contribution in [0, 0.1) is 0 Å². The van der Waals surface area contributed by atoms with Crippen molar-refractivity contribution in [1.29, 1.82) is 0 Å². The number of rotatable bonds is 5. The van der Waals surface area contributed by atoms with E-state index in [9.17, 15) is 4.79 Å². The van der Waals surface area contributed by atoms with Gasteiger partial charge >= 0.3 is 0 Å². The highest BCUT2D eigenvalue weighted by atomic mass is 16.2. The van der Waals surface area contributed by atoms with E-state index < -0.39 is 0 Å². The number of nitrogens with one attached hydrogen (secondary N) is 1. The number of carbonyl (C=O) groups is 1. The fourth-order valence-electron chi connectivity index (χ4n) is 2.00. The number of nitrogens with zero attached hydrogens (tertiary/aromatic N) is 3. The molecule has 0 aliphatic rings. The van der Waals surface area contributed by atoms with Crippen molar-refractivity contribution in [3.63, 3.8) is 0 Å². The number of carbonyl (C=O) groups excluding carboxylic acids is 1. The molecule has 0 saturated heterocycles. The van der Waals surface area contributed by atoms with Crippen molar-refractivity contribution in [3.05, 3.63) is 53.5 Å². The number of anilines is 1. The molecule has 5 heteroatoms. The van der Waals surface area contributed by atoms with E-state index in [0.29, 0.717) is 18.0 Å². The smallest absolute Gasteiger partial charge is 0.253 e. The highest BCUT2D eigenvalue weighted by Gasteiger charge is 2.07. The number of benzene rings is 1. The highest BCUT2D eigenvalue weighted by Crippen LogP contribution is 2.14. The lowest BCUT2D eigenvalue weighted by Gasteiger charge is -2.11. The maximum Gasteiger partial charge on any atom is 0.253 e. The average Bonchev–Trinajstić information content (AvgIpc) is 2.53. The van der Waals surface area contributed by atoms with Crippen molar-refractivity contribution in [2.24, 2.45) is 0 Å². The van der Waals surface area contributed by atoms with Crippen molar-refractivity contribution < 1.29 is 4.79 Å². The molecule has 0 radical (unpaired) electrons. The Morgan fingerprint density at radius 2 is 1.86 bits per heavy atom. The summed E-state index contributed by atoms with van der Waals surface area (Å²) in [5.41, 5.74) is 2.81. The first-order valence-corrected chi connectivity index (χ1v) is 7.33. The summed E-state index contributed by atoms with van der Waals surface area (Å²) in [7, 11) is 3.50. The monoisotopic (exact) mass is 298 g/mol. The Morgan fingerprint density at radius 1 is 1.18 bits per heavy atom. The number of amides is 1. The second-order valence-corrected chi connectivity index (χ2v) is 5.73. The molecule has 5 nitrogen and oxygen atoms in total. The molecule has 0 aliphatic heterocycles. The van der Waals surface area contributed by atoms with Crippen molar-refractivity contribution in [2.75, 3.05) is 19.4 Å². The van der Waals surface area contributed by atoms with Crippen LogP contribution < -0.4 is 5.32 Å². The Bertz CT molecular complexity index is 635. The maximum atomic E-state index is 11.8. The van der Waals surface area contributed by atoms with E-state index in [4.69, 9.17) is 0 Å². The summed E-state index contributed by atoms with van der Waals surface area (Å²) in [4.78, 5) is 21.9.